The predicted octanol–water partition coefficient (Wildman–Crippen LogP) is 15.5. The summed E-state index contributed by atoms with van der Waals surface area (Å²) < 4.78 is 16.7. The lowest BCUT2D eigenvalue weighted by Crippen LogP contribution is -2.30. The average molecular weight is 809 g/mol. The maximum absolute atomic E-state index is 12.8. The van der Waals surface area contributed by atoms with Gasteiger partial charge in [0.1, 0.15) is 13.2 Å². The molecule has 0 bridgehead atoms. The van der Waals surface area contributed by atoms with E-state index < -0.39 is 6.10 Å². The van der Waals surface area contributed by atoms with Gasteiger partial charge in [-0.1, -0.05) is 190 Å². The Kier molecular flexibility index (Phi) is 44.0. The van der Waals surface area contributed by atoms with Crippen molar-refractivity contribution in [1.82, 2.24) is 0 Å². The van der Waals surface area contributed by atoms with Gasteiger partial charge in [-0.15, -0.1) is 0 Å². The molecule has 1 unspecified atom stereocenters. The molecule has 6 nitrogen and oxygen atoms in total. The SMILES string of the molecule is CC/C=C\C/C=C\C/C=C\CCCCCCC(=O)OCC(COC(=O)CCCC/C=C\C/C=C\C/C=C\CC)OC(=O)CCCCCCCCCCCCCCCC. The van der Waals surface area contributed by atoms with E-state index in [1.54, 1.807) is 0 Å². The van der Waals surface area contributed by atoms with Crippen LogP contribution in [0.15, 0.2) is 72.9 Å². The van der Waals surface area contributed by atoms with Crippen LogP contribution in [0.2, 0.25) is 0 Å². The maximum atomic E-state index is 12.8. The Labute approximate surface area is 357 Å². The molecule has 0 fully saturated rings. The number of carbonyl (C=O) groups excluding carboxylic acids is 3. The minimum atomic E-state index is -0.796. The second-order valence-electron chi connectivity index (χ2n) is 15.6. The molecule has 0 N–H and O–H groups in total. The molecule has 6 heteroatoms. The average Bonchev–Trinajstić information content (AvgIpc) is 3.22. The molecule has 0 aliphatic rings. The second kappa shape index (κ2) is 46.5. The molecule has 1 atom stereocenters. The first-order chi connectivity index (χ1) is 28.5. The topological polar surface area (TPSA) is 78.9 Å². The van der Waals surface area contributed by atoms with Gasteiger partial charge in [-0.25, -0.2) is 0 Å². The lowest BCUT2D eigenvalue weighted by Gasteiger charge is -2.18. The third-order valence-corrected chi connectivity index (χ3v) is 9.96. The van der Waals surface area contributed by atoms with Crippen molar-refractivity contribution in [2.24, 2.45) is 0 Å². The van der Waals surface area contributed by atoms with Crippen molar-refractivity contribution in [3.8, 4) is 0 Å². The van der Waals surface area contributed by atoms with Crippen LogP contribution in [0.25, 0.3) is 0 Å². The summed E-state index contributed by atoms with van der Waals surface area (Å²) >= 11 is 0. The van der Waals surface area contributed by atoms with E-state index in [-0.39, 0.29) is 31.1 Å². The summed E-state index contributed by atoms with van der Waals surface area (Å²) in [5.41, 5.74) is 0. The summed E-state index contributed by atoms with van der Waals surface area (Å²) in [6.07, 6.45) is 57.4. The van der Waals surface area contributed by atoms with E-state index in [1.807, 2.05) is 0 Å². The highest BCUT2D eigenvalue weighted by Crippen LogP contribution is 2.14. The number of hydrogen-bond donors (Lipinski definition) is 0. The molecule has 0 aliphatic carbocycles. The van der Waals surface area contributed by atoms with E-state index in [0.29, 0.717) is 19.3 Å². The van der Waals surface area contributed by atoms with Crippen molar-refractivity contribution in [2.75, 3.05) is 13.2 Å². The number of esters is 3. The summed E-state index contributed by atoms with van der Waals surface area (Å²) in [5.74, 6) is -0.960. The Morgan fingerprint density at radius 1 is 0.362 bits per heavy atom. The van der Waals surface area contributed by atoms with E-state index >= 15 is 0 Å². The molecular formula is C52H88O6. The van der Waals surface area contributed by atoms with Crippen molar-refractivity contribution in [1.29, 1.82) is 0 Å². The molecule has 332 valence electrons. The van der Waals surface area contributed by atoms with Gasteiger partial charge in [0.05, 0.1) is 0 Å². The Balaban J connectivity index is 4.46. The highest BCUT2D eigenvalue weighted by atomic mass is 16.6. The van der Waals surface area contributed by atoms with Crippen molar-refractivity contribution in [3.63, 3.8) is 0 Å². The number of carbonyl (C=O) groups is 3. The number of unbranched alkanes of at least 4 members (excludes halogenated alkanes) is 19. The predicted molar refractivity (Wildman–Crippen MR) is 247 cm³/mol. The van der Waals surface area contributed by atoms with E-state index in [9.17, 15) is 14.4 Å². The summed E-state index contributed by atoms with van der Waals surface area (Å²) in [6, 6.07) is 0. The fraction of sp³-hybridized carbons (Fsp3) is 0.712. The van der Waals surface area contributed by atoms with Crippen LogP contribution in [-0.4, -0.2) is 37.2 Å². The summed E-state index contributed by atoms with van der Waals surface area (Å²) in [7, 11) is 0. The molecule has 0 aliphatic heterocycles. The fourth-order valence-electron chi connectivity index (χ4n) is 6.41. The van der Waals surface area contributed by atoms with Crippen LogP contribution in [0, 0.1) is 0 Å². The molecule has 0 spiro atoms. The van der Waals surface area contributed by atoms with E-state index in [1.165, 1.54) is 70.6 Å². The molecule has 0 saturated carbocycles. The minimum Gasteiger partial charge on any atom is -0.462 e. The zero-order valence-corrected chi connectivity index (χ0v) is 37.8. The largest absolute Gasteiger partial charge is 0.462 e. The zero-order valence-electron chi connectivity index (χ0n) is 37.8. The Hall–Kier alpha value is -3.15. The Morgan fingerprint density at radius 2 is 0.672 bits per heavy atom. The van der Waals surface area contributed by atoms with Gasteiger partial charge >= 0.3 is 17.9 Å². The van der Waals surface area contributed by atoms with Gasteiger partial charge in [-0.05, 0) is 83.5 Å². The van der Waals surface area contributed by atoms with Crippen molar-refractivity contribution >= 4 is 17.9 Å². The molecule has 0 aromatic heterocycles. The van der Waals surface area contributed by atoms with Gasteiger partial charge in [0.25, 0.3) is 0 Å². The fourth-order valence-corrected chi connectivity index (χ4v) is 6.41. The molecule has 0 radical (unpaired) electrons. The van der Waals surface area contributed by atoms with Gasteiger partial charge in [0.2, 0.25) is 0 Å². The summed E-state index contributed by atoms with van der Waals surface area (Å²) in [4.78, 5) is 37.8. The van der Waals surface area contributed by atoms with Crippen molar-refractivity contribution in [2.45, 2.75) is 226 Å². The highest BCUT2D eigenvalue weighted by molar-refractivity contribution is 5.71. The monoisotopic (exact) mass is 809 g/mol. The first kappa shape index (κ1) is 54.9. The molecular weight excluding hydrogens is 721 g/mol. The molecule has 0 heterocycles. The van der Waals surface area contributed by atoms with Gasteiger partial charge in [-0.2, -0.15) is 0 Å². The normalized spacial score (nSPS) is 12.7. The number of hydrogen-bond acceptors (Lipinski definition) is 6. The Morgan fingerprint density at radius 3 is 1.09 bits per heavy atom. The van der Waals surface area contributed by atoms with Gasteiger partial charge in [-0.3, -0.25) is 14.4 Å². The number of allylic oxidation sites excluding steroid dienone is 12. The zero-order chi connectivity index (χ0) is 42.3. The van der Waals surface area contributed by atoms with E-state index in [2.05, 4.69) is 93.7 Å². The number of ether oxygens (including phenoxy) is 3. The molecule has 0 amide bonds. The lowest BCUT2D eigenvalue weighted by atomic mass is 10.0. The van der Waals surface area contributed by atoms with Gasteiger partial charge < -0.3 is 14.2 Å². The molecule has 0 saturated heterocycles. The Bertz CT molecular complexity index is 1110. The van der Waals surface area contributed by atoms with Crippen LogP contribution < -0.4 is 0 Å². The lowest BCUT2D eigenvalue weighted by molar-refractivity contribution is -0.167. The summed E-state index contributed by atoms with van der Waals surface area (Å²) in [6.45, 7) is 6.35. The maximum Gasteiger partial charge on any atom is 0.306 e. The van der Waals surface area contributed by atoms with Gasteiger partial charge in [0, 0.05) is 19.3 Å². The van der Waals surface area contributed by atoms with Crippen LogP contribution in [0.5, 0.6) is 0 Å². The van der Waals surface area contributed by atoms with Crippen molar-refractivity contribution in [3.05, 3.63) is 72.9 Å². The third kappa shape index (κ3) is 44.0. The van der Waals surface area contributed by atoms with Crippen LogP contribution >= 0.6 is 0 Å². The first-order valence-electron chi connectivity index (χ1n) is 23.9. The first-order valence-corrected chi connectivity index (χ1v) is 23.9. The highest BCUT2D eigenvalue weighted by Gasteiger charge is 2.19. The van der Waals surface area contributed by atoms with E-state index in [4.69, 9.17) is 14.2 Å². The van der Waals surface area contributed by atoms with E-state index in [0.717, 1.165) is 109 Å². The molecule has 0 aromatic rings. The molecule has 0 aromatic carbocycles. The minimum absolute atomic E-state index is 0.0984. The summed E-state index contributed by atoms with van der Waals surface area (Å²) in [5, 5.41) is 0. The second-order valence-corrected chi connectivity index (χ2v) is 15.6. The van der Waals surface area contributed by atoms with Crippen LogP contribution in [-0.2, 0) is 28.6 Å². The quantitative estimate of drug-likeness (QED) is 0.0264. The number of rotatable bonds is 42. The van der Waals surface area contributed by atoms with Crippen LogP contribution in [0.1, 0.15) is 220 Å². The van der Waals surface area contributed by atoms with Gasteiger partial charge in [0.15, 0.2) is 6.10 Å². The van der Waals surface area contributed by atoms with Crippen LogP contribution in [0.3, 0.4) is 0 Å². The molecule has 0 rings (SSSR count). The standard InChI is InChI=1S/C52H88O6/c1-4-7-10-13-16-19-22-25-27-30-33-36-39-42-45-51(54)57-48-49(47-56-50(53)44-41-38-35-32-29-24-21-18-15-12-9-6-3)58-52(55)46-43-40-37-34-31-28-26-23-20-17-14-11-8-5-2/h7,9-10,12,16,18-19,21,25,27,29,32,49H,4-6,8,11,13-15,17,20,22-24,26,28,30-31,33-48H2,1-3H3/b10-7-,12-9-,19-16-,21-18-,27-25-,32-29-. The molecule has 58 heavy (non-hydrogen) atoms. The van der Waals surface area contributed by atoms with Crippen molar-refractivity contribution < 1.29 is 28.6 Å². The van der Waals surface area contributed by atoms with Crippen LogP contribution in [0.4, 0.5) is 0 Å². The smallest absolute Gasteiger partial charge is 0.306 e. The third-order valence-electron chi connectivity index (χ3n) is 9.96.